The van der Waals surface area contributed by atoms with Crippen LogP contribution < -0.4 is 16.0 Å². The number of hydrogen-bond donors (Lipinski definition) is 4. The second-order valence-corrected chi connectivity index (χ2v) is 14.6. The molecule has 268 valence electrons. The molecule has 6 amide bonds. The molecule has 0 saturated heterocycles. The molecule has 3 heterocycles. The Kier molecular flexibility index (Phi) is 11.6. The first-order valence-corrected chi connectivity index (χ1v) is 17.9. The Balaban J connectivity index is 1.45. The Bertz CT molecular complexity index is 1750. The summed E-state index contributed by atoms with van der Waals surface area (Å²) in [5, 5.41) is 11.5. The van der Waals surface area contributed by atoms with E-state index in [-0.39, 0.29) is 67.9 Å². The molecule has 0 radical (unpaired) electrons. The average molecular weight is 707 g/mol. The van der Waals surface area contributed by atoms with Gasteiger partial charge < -0.3 is 35.6 Å². The lowest BCUT2D eigenvalue weighted by atomic mass is 10.0. The molecule has 1 aromatic carbocycles. The van der Waals surface area contributed by atoms with Crippen molar-refractivity contribution in [3.8, 4) is 0 Å². The molecule has 50 heavy (non-hydrogen) atoms. The van der Waals surface area contributed by atoms with Crippen LogP contribution in [0.2, 0.25) is 0 Å². The molecule has 3 atom stereocenters. The molecule has 1 saturated carbocycles. The molecule has 2 aliphatic rings. The summed E-state index contributed by atoms with van der Waals surface area (Å²) >= 11 is 1.23. The molecule has 1 aliphatic heterocycles. The summed E-state index contributed by atoms with van der Waals surface area (Å²) in [4.78, 5) is 92.3. The number of para-hydroxylation sites is 1. The third-order valence-electron chi connectivity index (χ3n) is 8.96. The summed E-state index contributed by atoms with van der Waals surface area (Å²) in [6, 6.07) is 5.13. The highest BCUT2D eigenvalue weighted by Gasteiger charge is 2.35. The van der Waals surface area contributed by atoms with E-state index < -0.39 is 35.8 Å². The number of benzene rings is 1. The molecule has 0 unspecified atom stereocenters. The average Bonchev–Trinajstić information content (AvgIpc) is 3.66. The molecular weight excluding hydrogens is 661 g/mol. The molecule has 5 rings (SSSR count). The van der Waals surface area contributed by atoms with E-state index >= 15 is 0 Å². The van der Waals surface area contributed by atoms with Gasteiger partial charge in [-0.05, 0) is 43.7 Å². The van der Waals surface area contributed by atoms with Crippen molar-refractivity contribution in [2.24, 2.45) is 11.8 Å². The SMILES string of the molecule is CC(C)C[C@@H]1NC(=O)CN(C(=O)C2CC2)CCN(C)C(=O)[C@H](C)NC(=O)CN(C)C(=O)[C@@H](Cc2c[nH]c3ccccc23)NC(=O)c2csc1n2. The zero-order chi connectivity index (χ0) is 36.1. The number of thiazole rings is 1. The molecule has 4 N–H and O–H groups in total. The lowest BCUT2D eigenvalue weighted by Gasteiger charge is -2.28. The van der Waals surface area contributed by atoms with Crippen LogP contribution in [0.1, 0.15) is 67.1 Å². The van der Waals surface area contributed by atoms with Crippen molar-refractivity contribution in [1.82, 2.24) is 40.6 Å². The Morgan fingerprint density at radius 3 is 2.36 bits per heavy atom. The number of rotatable bonds is 5. The van der Waals surface area contributed by atoms with E-state index in [0.717, 1.165) is 29.3 Å². The van der Waals surface area contributed by atoms with Gasteiger partial charge in [0.15, 0.2) is 0 Å². The van der Waals surface area contributed by atoms with E-state index in [1.165, 1.54) is 33.1 Å². The third-order valence-corrected chi connectivity index (χ3v) is 9.91. The van der Waals surface area contributed by atoms with Gasteiger partial charge in [-0.2, -0.15) is 0 Å². The predicted molar refractivity (Wildman–Crippen MR) is 188 cm³/mol. The monoisotopic (exact) mass is 706 g/mol. The van der Waals surface area contributed by atoms with Gasteiger partial charge in [0.25, 0.3) is 5.91 Å². The number of fused-ring (bicyclic) bond motifs is 3. The Morgan fingerprint density at radius 1 is 0.920 bits per heavy atom. The van der Waals surface area contributed by atoms with E-state index in [1.807, 2.05) is 38.1 Å². The number of hydrogen-bond acceptors (Lipinski definition) is 8. The van der Waals surface area contributed by atoms with Gasteiger partial charge in [-0.25, -0.2) is 4.98 Å². The maximum absolute atomic E-state index is 13.9. The number of aromatic nitrogens is 2. The Hall–Kier alpha value is -4.79. The number of carbonyl (C=O) groups is 6. The molecular formula is C35H46N8O6S. The first-order valence-electron chi connectivity index (χ1n) is 17.0. The summed E-state index contributed by atoms with van der Waals surface area (Å²) in [7, 11) is 3.04. The normalized spacial score (nSPS) is 22.3. The number of likely N-dealkylation sites (N-methyl/N-ethyl adjacent to an activating group) is 2. The van der Waals surface area contributed by atoms with Crippen molar-refractivity contribution in [3.63, 3.8) is 0 Å². The topological polar surface area (TPSA) is 177 Å². The van der Waals surface area contributed by atoms with Gasteiger partial charge in [-0.1, -0.05) is 32.0 Å². The first kappa shape index (κ1) is 36.5. The van der Waals surface area contributed by atoms with Crippen LogP contribution in [0.3, 0.4) is 0 Å². The minimum atomic E-state index is -1.05. The Morgan fingerprint density at radius 2 is 1.64 bits per heavy atom. The van der Waals surface area contributed by atoms with Gasteiger partial charge in [0.05, 0.1) is 19.1 Å². The minimum Gasteiger partial charge on any atom is -0.361 e. The maximum Gasteiger partial charge on any atom is 0.271 e. The lowest BCUT2D eigenvalue weighted by molar-refractivity contribution is -0.140. The van der Waals surface area contributed by atoms with Gasteiger partial charge >= 0.3 is 0 Å². The van der Waals surface area contributed by atoms with Crippen LogP contribution in [-0.2, 0) is 30.4 Å². The van der Waals surface area contributed by atoms with Gasteiger partial charge in [0.2, 0.25) is 29.5 Å². The van der Waals surface area contributed by atoms with Crippen molar-refractivity contribution in [2.45, 2.75) is 64.6 Å². The van der Waals surface area contributed by atoms with Crippen molar-refractivity contribution in [1.29, 1.82) is 0 Å². The molecule has 2 bridgehead atoms. The quantitative estimate of drug-likeness (QED) is 0.313. The van der Waals surface area contributed by atoms with Crippen molar-refractivity contribution in [2.75, 3.05) is 40.3 Å². The molecule has 1 fully saturated rings. The summed E-state index contributed by atoms with van der Waals surface area (Å²) < 4.78 is 0. The standard InChI is InChI=1S/C35H46N8O6S/c1-20(2)14-26-32-40-28(19-50-32)31(46)39-27(15-23-16-36-25-9-7-6-8-24(23)25)35(49)42(5)17-29(44)37-21(3)33(47)41(4)12-13-43(18-30(45)38-26)34(48)22-10-11-22/h6-9,16,19-22,26-27,36H,10-15,17-18H2,1-5H3,(H,37,44)(H,38,45)(H,39,46)/t21-,26-,27+/m0/s1. The largest absolute Gasteiger partial charge is 0.361 e. The van der Waals surface area contributed by atoms with E-state index in [4.69, 9.17) is 0 Å². The van der Waals surface area contributed by atoms with Crippen LogP contribution >= 0.6 is 11.3 Å². The zero-order valence-corrected chi connectivity index (χ0v) is 30.0. The summed E-state index contributed by atoms with van der Waals surface area (Å²) in [5.74, 6) is -2.49. The van der Waals surface area contributed by atoms with Crippen LogP contribution in [0.5, 0.6) is 0 Å². The van der Waals surface area contributed by atoms with Crippen LogP contribution in [0.15, 0.2) is 35.8 Å². The van der Waals surface area contributed by atoms with Crippen LogP contribution in [0.4, 0.5) is 0 Å². The molecule has 2 aromatic heterocycles. The second kappa shape index (κ2) is 15.8. The van der Waals surface area contributed by atoms with Crippen LogP contribution in [0, 0.1) is 11.8 Å². The van der Waals surface area contributed by atoms with Gasteiger partial charge in [-0.15, -0.1) is 11.3 Å². The van der Waals surface area contributed by atoms with Crippen LogP contribution in [-0.4, -0.2) is 112 Å². The van der Waals surface area contributed by atoms with Crippen LogP contribution in [0.25, 0.3) is 10.9 Å². The van der Waals surface area contributed by atoms with Gasteiger partial charge in [-0.3, -0.25) is 28.8 Å². The molecule has 0 spiro atoms. The summed E-state index contributed by atoms with van der Waals surface area (Å²) in [6.45, 7) is 5.32. The highest BCUT2D eigenvalue weighted by molar-refractivity contribution is 7.09. The van der Waals surface area contributed by atoms with E-state index in [0.29, 0.717) is 11.4 Å². The Labute approximate surface area is 295 Å². The van der Waals surface area contributed by atoms with E-state index in [9.17, 15) is 28.8 Å². The number of nitrogens with zero attached hydrogens (tertiary/aromatic N) is 4. The highest BCUT2D eigenvalue weighted by Crippen LogP contribution is 2.31. The third kappa shape index (κ3) is 9.05. The fraction of sp³-hybridized carbons (Fsp3) is 0.514. The number of amides is 6. The molecule has 1 aliphatic carbocycles. The summed E-state index contributed by atoms with van der Waals surface area (Å²) in [5.41, 5.74) is 1.78. The summed E-state index contributed by atoms with van der Waals surface area (Å²) in [6.07, 6.45) is 3.99. The number of H-pyrrole nitrogens is 1. The first-order chi connectivity index (χ1) is 23.8. The minimum absolute atomic E-state index is 0.0944. The fourth-order valence-electron chi connectivity index (χ4n) is 6.09. The van der Waals surface area contributed by atoms with Crippen molar-refractivity contribution >= 4 is 57.7 Å². The highest BCUT2D eigenvalue weighted by atomic mass is 32.1. The smallest absolute Gasteiger partial charge is 0.271 e. The number of carbonyl (C=O) groups excluding carboxylic acids is 6. The fourth-order valence-corrected chi connectivity index (χ4v) is 6.95. The molecule has 15 heteroatoms. The predicted octanol–water partition coefficient (Wildman–Crippen LogP) is 1.84. The van der Waals surface area contributed by atoms with Gasteiger partial charge in [0.1, 0.15) is 22.8 Å². The number of aromatic amines is 1. The van der Waals surface area contributed by atoms with E-state index in [2.05, 4.69) is 25.9 Å². The lowest BCUT2D eigenvalue weighted by Crippen LogP contribution is -2.53. The van der Waals surface area contributed by atoms with E-state index in [1.54, 1.807) is 25.5 Å². The zero-order valence-electron chi connectivity index (χ0n) is 29.2. The van der Waals surface area contributed by atoms with Gasteiger partial charge in [0, 0.05) is 62.0 Å². The molecule has 14 nitrogen and oxygen atoms in total. The molecule has 3 aromatic rings. The second-order valence-electron chi connectivity index (χ2n) is 13.7. The maximum atomic E-state index is 13.9. The van der Waals surface area contributed by atoms with Crippen molar-refractivity contribution in [3.05, 3.63) is 52.1 Å². The van der Waals surface area contributed by atoms with Crippen molar-refractivity contribution < 1.29 is 28.8 Å². The number of nitrogens with one attached hydrogen (secondary N) is 4.